The van der Waals surface area contributed by atoms with E-state index in [0.29, 0.717) is 5.39 Å². The molecule has 4 nitrogen and oxygen atoms in total. The third kappa shape index (κ3) is 3.44. The number of sulfone groups is 1. The Morgan fingerprint density at radius 2 is 1.86 bits per heavy atom. The number of aromatic nitrogens is 1. The van der Waals surface area contributed by atoms with Gasteiger partial charge in [-0.2, -0.15) is 13.2 Å². The first-order valence-electron chi connectivity index (χ1n) is 6.58. The molecule has 2 aromatic rings. The van der Waals surface area contributed by atoms with E-state index >= 15 is 0 Å². The number of aromatic amines is 1. The monoisotopic (exact) mass is 335 g/mol. The molecule has 0 spiro atoms. The fourth-order valence-electron chi connectivity index (χ4n) is 2.20. The summed E-state index contributed by atoms with van der Waals surface area (Å²) < 4.78 is 61.4. The van der Waals surface area contributed by atoms with E-state index in [1.165, 1.54) is 26.0 Å². The van der Waals surface area contributed by atoms with Gasteiger partial charge in [0.25, 0.3) is 0 Å². The zero-order valence-electron chi connectivity index (χ0n) is 12.0. The van der Waals surface area contributed by atoms with Gasteiger partial charge in [0, 0.05) is 17.0 Å². The average Bonchev–Trinajstić information content (AvgIpc) is 2.80. The van der Waals surface area contributed by atoms with Crippen molar-refractivity contribution in [2.45, 2.75) is 25.6 Å². The number of hydrogen-bond donors (Lipinski definition) is 2. The molecule has 1 aromatic carbocycles. The lowest BCUT2D eigenvalue weighted by atomic mass is 10.1. The molecule has 0 amide bonds. The predicted octanol–water partition coefficient (Wildman–Crippen LogP) is 2.83. The van der Waals surface area contributed by atoms with Crippen molar-refractivity contribution in [2.24, 2.45) is 0 Å². The van der Waals surface area contributed by atoms with Crippen LogP contribution >= 0.6 is 0 Å². The summed E-state index contributed by atoms with van der Waals surface area (Å²) in [6, 6.07) is 4.61. The summed E-state index contributed by atoms with van der Waals surface area (Å²) in [4.78, 5) is 2.68. The molecule has 1 heterocycles. The number of benzene rings is 1. The molecule has 0 saturated heterocycles. The van der Waals surface area contributed by atoms with Crippen LogP contribution < -0.4 is 0 Å². The lowest BCUT2D eigenvalue weighted by Crippen LogP contribution is -2.32. The van der Waals surface area contributed by atoms with Crippen molar-refractivity contribution in [3.05, 3.63) is 35.5 Å². The maximum absolute atomic E-state index is 12.7. The molecule has 1 atom stereocenters. The maximum Gasteiger partial charge on any atom is 0.416 e. The third-order valence-corrected chi connectivity index (χ3v) is 5.35. The summed E-state index contributed by atoms with van der Waals surface area (Å²) in [6.45, 7) is 2.78. The van der Waals surface area contributed by atoms with Crippen LogP contribution in [0.1, 0.15) is 25.1 Å². The smallest absolute Gasteiger partial charge is 0.383 e. The van der Waals surface area contributed by atoms with E-state index in [-0.39, 0.29) is 17.0 Å². The summed E-state index contributed by atoms with van der Waals surface area (Å²) in [6.07, 6.45) is -4.46. The van der Waals surface area contributed by atoms with Gasteiger partial charge >= 0.3 is 6.18 Å². The zero-order chi connectivity index (χ0) is 16.8. The Morgan fingerprint density at radius 1 is 1.23 bits per heavy atom. The number of hydrogen-bond acceptors (Lipinski definition) is 3. The van der Waals surface area contributed by atoms with E-state index in [1.807, 2.05) is 0 Å². The molecule has 0 aliphatic rings. The molecule has 2 rings (SSSR count). The number of nitrogens with one attached hydrogen (secondary N) is 1. The number of H-pyrrole nitrogens is 1. The molecule has 0 aliphatic carbocycles. The van der Waals surface area contributed by atoms with Gasteiger partial charge in [0.2, 0.25) is 0 Å². The SMILES string of the molecule is CCS(=O)(=O)CC(C)(O)c1cc2ccc(C(F)(F)F)cc2[nH]1. The van der Waals surface area contributed by atoms with Gasteiger partial charge in [0.1, 0.15) is 5.60 Å². The minimum Gasteiger partial charge on any atom is -0.383 e. The fraction of sp³-hybridized carbons (Fsp3) is 0.429. The standard InChI is InChI=1S/C14H16F3NO3S/c1-3-22(20,21)8-13(2,19)12-6-9-4-5-10(14(15,16)17)7-11(9)18-12/h4-7,18-19H,3,8H2,1-2H3. The van der Waals surface area contributed by atoms with Crippen molar-refractivity contribution >= 4 is 20.7 Å². The van der Waals surface area contributed by atoms with Crippen LogP contribution in [0.25, 0.3) is 10.9 Å². The Hall–Kier alpha value is -1.54. The Morgan fingerprint density at radius 3 is 2.41 bits per heavy atom. The van der Waals surface area contributed by atoms with Crippen LogP contribution in [0.2, 0.25) is 0 Å². The Labute approximate surface area is 125 Å². The van der Waals surface area contributed by atoms with Crippen molar-refractivity contribution in [1.82, 2.24) is 4.98 Å². The van der Waals surface area contributed by atoms with Gasteiger partial charge in [-0.1, -0.05) is 13.0 Å². The van der Waals surface area contributed by atoms with Gasteiger partial charge in [0.05, 0.1) is 11.3 Å². The second kappa shape index (κ2) is 5.27. The Kier molecular flexibility index (Phi) is 4.03. The Bertz CT molecular complexity index is 791. The van der Waals surface area contributed by atoms with Gasteiger partial charge < -0.3 is 10.1 Å². The average molecular weight is 335 g/mol. The van der Waals surface area contributed by atoms with Gasteiger partial charge in [-0.05, 0) is 30.5 Å². The first kappa shape index (κ1) is 16.8. The largest absolute Gasteiger partial charge is 0.416 e. The highest BCUT2D eigenvalue weighted by Crippen LogP contribution is 2.33. The lowest BCUT2D eigenvalue weighted by molar-refractivity contribution is -0.137. The second-order valence-electron chi connectivity index (χ2n) is 5.43. The van der Waals surface area contributed by atoms with Crippen molar-refractivity contribution in [2.75, 3.05) is 11.5 Å². The van der Waals surface area contributed by atoms with Crippen LogP contribution in [0.5, 0.6) is 0 Å². The van der Waals surface area contributed by atoms with E-state index in [9.17, 15) is 26.7 Å². The van der Waals surface area contributed by atoms with Gasteiger partial charge in [-0.25, -0.2) is 8.42 Å². The normalized spacial score (nSPS) is 15.9. The molecule has 1 aromatic heterocycles. The fourth-order valence-corrected chi connectivity index (χ4v) is 3.42. The minimum absolute atomic E-state index is 0.123. The molecular weight excluding hydrogens is 319 g/mol. The topological polar surface area (TPSA) is 70.2 Å². The van der Waals surface area contributed by atoms with E-state index in [0.717, 1.165) is 12.1 Å². The number of rotatable bonds is 4. The van der Waals surface area contributed by atoms with Crippen LogP contribution in [-0.2, 0) is 21.6 Å². The van der Waals surface area contributed by atoms with Crippen molar-refractivity contribution in [1.29, 1.82) is 0 Å². The van der Waals surface area contributed by atoms with Crippen LogP contribution in [0, 0.1) is 0 Å². The molecule has 0 saturated carbocycles. The van der Waals surface area contributed by atoms with Crippen molar-refractivity contribution in [3.63, 3.8) is 0 Å². The molecule has 0 bridgehead atoms. The highest BCUT2D eigenvalue weighted by atomic mass is 32.2. The number of halogens is 3. The summed E-state index contributed by atoms with van der Waals surface area (Å²) in [5.41, 5.74) is -2.15. The third-order valence-electron chi connectivity index (χ3n) is 3.47. The summed E-state index contributed by atoms with van der Waals surface area (Å²) in [7, 11) is -3.44. The van der Waals surface area contributed by atoms with Crippen LogP contribution in [-0.4, -0.2) is 30.0 Å². The summed E-state index contributed by atoms with van der Waals surface area (Å²) in [5, 5.41) is 10.8. The van der Waals surface area contributed by atoms with Crippen LogP contribution in [0.15, 0.2) is 24.3 Å². The molecule has 0 aliphatic heterocycles. The van der Waals surface area contributed by atoms with Crippen molar-refractivity contribution in [3.8, 4) is 0 Å². The van der Waals surface area contributed by atoms with Crippen molar-refractivity contribution < 1.29 is 26.7 Å². The molecule has 2 N–H and O–H groups in total. The summed E-state index contributed by atoms with van der Waals surface area (Å²) >= 11 is 0. The van der Waals surface area contributed by atoms with E-state index in [1.54, 1.807) is 0 Å². The van der Waals surface area contributed by atoms with E-state index in [4.69, 9.17) is 0 Å². The zero-order valence-corrected chi connectivity index (χ0v) is 12.8. The van der Waals surface area contributed by atoms with Gasteiger partial charge in [-0.15, -0.1) is 0 Å². The maximum atomic E-state index is 12.7. The second-order valence-corrected chi connectivity index (χ2v) is 7.79. The predicted molar refractivity (Wildman–Crippen MR) is 77.2 cm³/mol. The molecule has 0 fully saturated rings. The first-order chi connectivity index (χ1) is 9.94. The molecule has 0 radical (unpaired) electrons. The van der Waals surface area contributed by atoms with E-state index < -0.39 is 32.9 Å². The molecule has 122 valence electrons. The molecule has 1 unspecified atom stereocenters. The van der Waals surface area contributed by atoms with Gasteiger partial charge in [0.15, 0.2) is 9.84 Å². The highest BCUT2D eigenvalue weighted by Gasteiger charge is 2.33. The molecular formula is C14H16F3NO3S. The molecule has 8 heteroatoms. The van der Waals surface area contributed by atoms with E-state index in [2.05, 4.69) is 4.98 Å². The number of fused-ring (bicyclic) bond motifs is 1. The first-order valence-corrected chi connectivity index (χ1v) is 8.40. The quantitative estimate of drug-likeness (QED) is 0.903. The number of alkyl halides is 3. The van der Waals surface area contributed by atoms with Crippen LogP contribution in [0.3, 0.4) is 0 Å². The lowest BCUT2D eigenvalue weighted by Gasteiger charge is -2.21. The van der Waals surface area contributed by atoms with Gasteiger partial charge in [-0.3, -0.25) is 0 Å². The highest BCUT2D eigenvalue weighted by molar-refractivity contribution is 7.91. The minimum atomic E-state index is -4.46. The summed E-state index contributed by atoms with van der Waals surface area (Å²) in [5.74, 6) is -0.628. The van der Waals surface area contributed by atoms with Crippen LogP contribution in [0.4, 0.5) is 13.2 Å². The number of aliphatic hydroxyl groups is 1. The molecule has 22 heavy (non-hydrogen) atoms. The Balaban J connectivity index is 2.45.